The molecule has 0 unspecified atom stereocenters. The van der Waals surface area contributed by atoms with Gasteiger partial charge in [0.15, 0.2) is 0 Å². The number of nitrogens with one attached hydrogen (secondary N) is 1. The molecule has 1 N–H and O–H groups in total. The SMILES string of the molecule is COCCNCC(C)(C)c1ccccc1. The van der Waals surface area contributed by atoms with Crippen molar-refractivity contribution < 1.29 is 4.74 Å². The lowest BCUT2D eigenvalue weighted by molar-refractivity contribution is 0.197. The average molecular weight is 207 g/mol. The first-order valence-corrected chi connectivity index (χ1v) is 5.42. The van der Waals surface area contributed by atoms with Crippen LogP contribution in [0.15, 0.2) is 30.3 Å². The summed E-state index contributed by atoms with van der Waals surface area (Å²) < 4.78 is 5.00. The van der Waals surface area contributed by atoms with Gasteiger partial charge in [-0.15, -0.1) is 0 Å². The van der Waals surface area contributed by atoms with Gasteiger partial charge >= 0.3 is 0 Å². The van der Waals surface area contributed by atoms with E-state index in [9.17, 15) is 0 Å². The fourth-order valence-electron chi connectivity index (χ4n) is 1.57. The zero-order chi connectivity index (χ0) is 11.1. The van der Waals surface area contributed by atoms with Crippen LogP contribution in [-0.2, 0) is 10.2 Å². The molecule has 0 aliphatic rings. The summed E-state index contributed by atoms with van der Waals surface area (Å²) in [7, 11) is 1.73. The van der Waals surface area contributed by atoms with Gasteiger partial charge in [0, 0.05) is 25.6 Å². The van der Waals surface area contributed by atoms with E-state index < -0.39 is 0 Å². The van der Waals surface area contributed by atoms with Gasteiger partial charge in [0.05, 0.1) is 6.61 Å². The molecule has 0 aromatic heterocycles. The molecule has 0 saturated heterocycles. The molecule has 0 aliphatic heterocycles. The Hall–Kier alpha value is -0.860. The highest BCUT2D eigenvalue weighted by Crippen LogP contribution is 2.21. The van der Waals surface area contributed by atoms with E-state index in [1.165, 1.54) is 5.56 Å². The van der Waals surface area contributed by atoms with Crippen molar-refractivity contribution in [3.8, 4) is 0 Å². The monoisotopic (exact) mass is 207 g/mol. The van der Waals surface area contributed by atoms with Crippen LogP contribution >= 0.6 is 0 Å². The number of hydrogen-bond acceptors (Lipinski definition) is 2. The second kappa shape index (κ2) is 5.89. The lowest BCUT2D eigenvalue weighted by Crippen LogP contribution is -2.34. The molecule has 1 aromatic rings. The molecule has 0 spiro atoms. The Labute approximate surface area is 92.6 Å². The van der Waals surface area contributed by atoms with Crippen molar-refractivity contribution in [3.05, 3.63) is 35.9 Å². The fraction of sp³-hybridized carbons (Fsp3) is 0.538. The summed E-state index contributed by atoms with van der Waals surface area (Å²) in [4.78, 5) is 0. The molecule has 0 bridgehead atoms. The first-order chi connectivity index (χ1) is 7.17. The molecule has 1 rings (SSSR count). The molecular weight excluding hydrogens is 186 g/mol. The zero-order valence-corrected chi connectivity index (χ0v) is 9.92. The van der Waals surface area contributed by atoms with Crippen LogP contribution in [0.2, 0.25) is 0 Å². The van der Waals surface area contributed by atoms with Gasteiger partial charge in [-0.1, -0.05) is 44.2 Å². The smallest absolute Gasteiger partial charge is 0.0587 e. The van der Waals surface area contributed by atoms with E-state index in [4.69, 9.17) is 4.74 Å². The molecular formula is C13H21NO. The van der Waals surface area contributed by atoms with Crippen LogP contribution in [0.1, 0.15) is 19.4 Å². The van der Waals surface area contributed by atoms with Crippen LogP contribution in [0.3, 0.4) is 0 Å². The van der Waals surface area contributed by atoms with Gasteiger partial charge in [-0.2, -0.15) is 0 Å². The third-order valence-electron chi connectivity index (χ3n) is 2.61. The Morgan fingerprint density at radius 2 is 1.87 bits per heavy atom. The first kappa shape index (κ1) is 12.2. The van der Waals surface area contributed by atoms with Crippen molar-refractivity contribution in [3.63, 3.8) is 0 Å². The van der Waals surface area contributed by atoms with Gasteiger partial charge in [0.1, 0.15) is 0 Å². The van der Waals surface area contributed by atoms with Gasteiger partial charge in [0.2, 0.25) is 0 Å². The molecule has 0 radical (unpaired) electrons. The fourth-order valence-corrected chi connectivity index (χ4v) is 1.57. The summed E-state index contributed by atoms with van der Waals surface area (Å²) in [6.07, 6.45) is 0. The molecule has 0 fully saturated rings. The molecule has 15 heavy (non-hydrogen) atoms. The summed E-state index contributed by atoms with van der Waals surface area (Å²) in [5, 5.41) is 3.40. The minimum Gasteiger partial charge on any atom is -0.383 e. The Kier molecular flexibility index (Phi) is 4.79. The van der Waals surface area contributed by atoms with Gasteiger partial charge in [-0.05, 0) is 5.56 Å². The predicted molar refractivity (Wildman–Crippen MR) is 64.2 cm³/mol. The first-order valence-electron chi connectivity index (χ1n) is 5.42. The van der Waals surface area contributed by atoms with Crippen LogP contribution in [-0.4, -0.2) is 26.8 Å². The summed E-state index contributed by atoms with van der Waals surface area (Å²) in [6.45, 7) is 7.16. The molecule has 0 heterocycles. The van der Waals surface area contributed by atoms with Crippen molar-refractivity contribution in [2.24, 2.45) is 0 Å². The molecule has 2 heteroatoms. The van der Waals surface area contributed by atoms with Crippen LogP contribution in [0, 0.1) is 0 Å². The van der Waals surface area contributed by atoms with E-state index in [2.05, 4.69) is 49.5 Å². The Morgan fingerprint density at radius 3 is 2.47 bits per heavy atom. The Balaban J connectivity index is 2.45. The maximum absolute atomic E-state index is 5.00. The molecule has 84 valence electrons. The van der Waals surface area contributed by atoms with Crippen LogP contribution < -0.4 is 5.32 Å². The third kappa shape index (κ3) is 4.02. The normalized spacial score (nSPS) is 11.7. The summed E-state index contributed by atoms with van der Waals surface area (Å²) >= 11 is 0. The number of benzene rings is 1. The van der Waals surface area contributed by atoms with Crippen molar-refractivity contribution in [2.45, 2.75) is 19.3 Å². The van der Waals surface area contributed by atoms with Gasteiger partial charge in [-0.3, -0.25) is 0 Å². The Bertz CT molecular complexity index is 269. The predicted octanol–water partition coefficient (Wildman–Crippen LogP) is 2.20. The van der Waals surface area contributed by atoms with Crippen LogP contribution in [0.25, 0.3) is 0 Å². The maximum atomic E-state index is 5.00. The van der Waals surface area contributed by atoms with E-state index in [0.29, 0.717) is 0 Å². The van der Waals surface area contributed by atoms with Crippen LogP contribution in [0.4, 0.5) is 0 Å². The molecule has 2 nitrogen and oxygen atoms in total. The topological polar surface area (TPSA) is 21.3 Å². The summed E-state index contributed by atoms with van der Waals surface area (Å²) in [5.41, 5.74) is 1.55. The molecule has 0 amide bonds. The number of rotatable bonds is 6. The van der Waals surface area contributed by atoms with E-state index in [1.54, 1.807) is 7.11 Å². The number of ether oxygens (including phenoxy) is 1. The number of methoxy groups -OCH3 is 1. The second-order valence-electron chi connectivity index (χ2n) is 4.42. The van der Waals surface area contributed by atoms with Crippen LogP contribution in [0.5, 0.6) is 0 Å². The highest BCUT2D eigenvalue weighted by Gasteiger charge is 2.19. The lowest BCUT2D eigenvalue weighted by Gasteiger charge is -2.25. The van der Waals surface area contributed by atoms with Crippen molar-refractivity contribution >= 4 is 0 Å². The molecule has 0 aliphatic carbocycles. The third-order valence-corrected chi connectivity index (χ3v) is 2.61. The number of hydrogen-bond donors (Lipinski definition) is 1. The highest BCUT2D eigenvalue weighted by atomic mass is 16.5. The largest absolute Gasteiger partial charge is 0.383 e. The van der Waals surface area contributed by atoms with Crippen molar-refractivity contribution in [1.29, 1.82) is 0 Å². The van der Waals surface area contributed by atoms with Gasteiger partial charge in [-0.25, -0.2) is 0 Å². The van der Waals surface area contributed by atoms with E-state index in [1.807, 2.05) is 0 Å². The molecule has 1 aromatic carbocycles. The second-order valence-corrected chi connectivity index (χ2v) is 4.42. The summed E-state index contributed by atoms with van der Waals surface area (Å²) in [5.74, 6) is 0. The average Bonchev–Trinajstić information content (AvgIpc) is 2.26. The summed E-state index contributed by atoms with van der Waals surface area (Å²) in [6, 6.07) is 10.6. The minimum atomic E-state index is 0.176. The molecule has 0 atom stereocenters. The zero-order valence-electron chi connectivity index (χ0n) is 9.92. The van der Waals surface area contributed by atoms with Gasteiger partial charge < -0.3 is 10.1 Å². The maximum Gasteiger partial charge on any atom is 0.0587 e. The Morgan fingerprint density at radius 1 is 1.20 bits per heavy atom. The minimum absolute atomic E-state index is 0.176. The van der Waals surface area contributed by atoms with E-state index in [-0.39, 0.29) is 5.41 Å². The van der Waals surface area contributed by atoms with E-state index in [0.717, 1.165) is 19.7 Å². The van der Waals surface area contributed by atoms with E-state index >= 15 is 0 Å². The van der Waals surface area contributed by atoms with Crippen molar-refractivity contribution in [1.82, 2.24) is 5.32 Å². The standard InChI is InChI=1S/C13H21NO/c1-13(2,11-14-9-10-15-3)12-7-5-4-6-8-12/h4-8,14H,9-11H2,1-3H3. The van der Waals surface area contributed by atoms with Crippen molar-refractivity contribution in [2.75, 3.05) is 26.8 Å². The lowest BCUT2D eigenvalue weighted by atomic mass is 9.85. The highest BCUT2D eigenvalue weighted by molar-refractivity contribution is 5.23. The van der Waals surface area contributed by atoms with Gasteiger partial charge in [0.25, 0.3) is 0 Å². The quantitative estimate of drug-likeness (QED) is 0.722. The molecule has 0 saturated carbocycles.